The van der Waals surface area contributed by atoms with Crippen LogP contribution >= 0.6 is 0 Å². The Hall–Kier alpha value is -0.410. The summed E-state index contributed by atoms with van der Waals surface area (Å²) in [5, 5.41) is 0. The number of hydrogen-bond donors (Lipinski definition) is 0. The molecule has 2 fully saturated rings. The Morgan fingerprint density at radius 3 is 3.00 bits per heavy atom. The first-order valence-corrected chi connectivity index (χ1v) is 5.43. The molecule has 3 nitrogen and oxygen atoms in total. The molecule has 14 heavy (non-hydrogen) atoms. The fourth-order valence-electron chi connectivity index (χ4n) is 2.78. The molecule has 0 N–H and O–H groups in total. The highest BCUT2D eigenvalue weighted by molar-refractivity contribution is 5.86. The third-order valence-corrected chi connectivity index (χ3v) is 3.69. The van der Waals surface area contributed by atoms with Crippen LogP contribution in [0.15, 0.2) is 0 Å². The van der Waals surface area contributed by atoms with E-state index in [0.29, 0.717) is 19.0 Å². The van der Waals surface area contributed by atoms with Crippen molar-refractivity contribution < 1.29 is 14.3 Å². The van der Waals surface area contributed by atoms with E-state index in [4.69, 9.17) is 9.47 Å². The molecule has 3 heteroatoms. The Kier molecular flexibility index (Phi) is 2.88. The lowest BCUT2D eigenvalue weighted by atomic mass is 9.66. The first kappa shape index (κ1) is 10.1. The van der Waals surface area contributed by atoms with Crippen molar-refractivity contribution in [3.63, 3.8) is 0 Å². The average molecular weight is 198 g/mol. The molecule has 2 atom stereocenters. The standard InChI is InChI=1S/C11H18O3/c1-13-10-8-14-7-6-11(10)5-3-2-4-9(11)12/h10H,2-8H2,1H3. The molecule has 0 aromatic carbocycles. The zero-order chi connectivity index (χ0) is 10.0. The van der Waals surface area contributed by atoms with Crippen molar-refractivity contribution in [2.45, 2.75) is 38.2 Å². The van der Waals surface area contributed by atoms with Crippen LogP contribution in [0.4, 0.5) is 0 Å². The number of ether oxygens (including phenoxy) is 2. The molecule has 0 radical (unpaired) electrons. The molecule has 1 heterocycles. The van der Waals surface area contributed by atoms with E-state index in [1.807, 2.05) is 0 Å². The molecular formula is C11H18O3. The molecule has 2 unspecified atom stereocenters. The van der Waals surface area contributed by atoms with Gasteiger partial charge in [-0.1, -0.05) is 6.42 Å². The highest BCUT2D eigenvalue weighted by Gasteiger charge is 2.48. The number of methoxy groups -OCH3 is 1. The minimum Gasteiger partial charge on any atom is -0.379 e. The van der Waals surface area contributed by atoms with E-state index in [1.165, 1.54) is 0 Å². The predicted molar refractivity (Wildman–Crippen MR) is 52.1 cm³/mol. The molecule has 0 aromatic rings. The quantitative estimate of drug-likeness (QED) is 0.641. The van der Waals surface area contributed by atoms with Crippen molar-refractivity contribution in [2.24, 2.45) is 5.41 Å². The molecule has 80 valence electrons. The van der Waals surface area contributed by atoms with Gasteiger partial charge in [0.15, 0.2) is 0 Å². The van der Waals surface area contributed by atoms with Crippen LogP contribution in [0.1, 0.15) is 32.1 Å². The number of carbonyl (C=O) groups excluding carboxylic acids is 1. The van der Waals surface area contributed by atoms with Crippen molar-refractivity contribution in [2.75, 3.05) is 20.3 Å². The number of hydrogen-bond acceptors (Lipinski definition) is 3. The van der Waals surface area contributed by atoms with Crippen LogP contribution in [-0.2, 0) is 14.3 Å². The van der Waals surface area contributed by atoms with Crippen LogP contribution in [0, 0.1) is 5.41 Å². The minimum absolute atomic E-state index is 0.0101. The van der Waals surface area contributed by atoms with Gasteiger partial charge in [-0.15, -0.1) is 0 Å². The molecule has 1 aliphatic carbocycles. The third-order valence-electron chi connectivity index (χ3n) is 3.69. The maximum Gasteiger partial charge on any atom is 0.141 e. The molecular weight excluding hydrogens is 180 g/mol. The number of ketones is 1. The second-order valence-corrected chi connectivity index (χ2v) is 4.34. The second kappa shape index (κ2) is 3.99. The molecule has 2 rings (SSSR count). The Bertz CT molecular complexity index is 221. The molecule has 2 aliphatic rings. The summed E-state index contributed by atoms with van der Waals surface area (Å²) in [4.78, 5) is 12.0. The van der Waals surface area contributed by atoms with Crippen LogP contribution in [0.5, 0.6) is 0 Å². The molecule has 1 spiro atoms. The normalized spacial score (nSPS) is 38.9. The lowest BCUT2D eigenvalue weighted by Crippen LogP contribution is -2.51. The summed E-state index contributed by atoms with van der Waals surface area (Å²) in [6.07, 6.45) is 4.78. The van der Waals surface area contributed by atoms with Crippen molar-refractivity contribution >= 4 is 5.78 Å². The topological polar surface area (TPSA) is 35.5 Å². The highest BCUT2D eigenvalue weighted by Crippen LogP contribution is 2.42. The predicted octanol–water partition coefficient (Wildman–Crippen LogP) is 1.55. The Balaban J connectivity index is 2.19. The third kappa shape index (κ3) is 1.48. The van der Waals surface area contributed by atoms with Gasteiger partial charge in [-0.3, -0.25) is 4.79 Å². The Morgan fingerprint density at radius 1 is 1.43 bits per heavy atom. The molecule has 1 aliphatic heterocycles. The molecule has 0 amide bonds. The smallest absolute Gasteiger partial charge is 0.141 e. The average Bonchev–Trinajstić information content (AvgIpc) is 2.23. The molecule has 0 bridgehead atoms. The zero-order valence-electron chi connectivity index (χ0n) is 8.75. The van der Waals surface area contributed by atoms with E-state index in [2.05, 4.69) is 0 Å². The van der Waals surface area contributed by atoms with E-state index in [1.54, 1.807) is 7.11 Å². The van der Waals surface area contributed by atoms with Crippen molar-refractivity contribution in [1.82, 2.24) is 0 Å². The van der Waals surface area contributed by atoms with Gasteiger partial charge < -0.3 is 9.47 Å². The molecule has 0 aromatic heterocycles. The second-order valence-electron chi connectivity index (χ2n) is 4.34. The summed E-state index contributed by atoms with van der Waals surface area (Å²) in [6, 6.07) is 0. The number of carbonyl (C=O) groups is 1. The van der Waals surface area contributed by atoms with E-state index >= 15 is 0 Å². The van der Waals surface area contributed by atoms with Crippen molar-refractivity contribution in [3.8, 4) is 0 Å². The molecule has 1 saturated carbocycles. The van der Waals surface area contributed by atoms with Crippen molar-refractivity contribution in [3.05, 3.63) is 0 Å². The monoisotopic (exact) mass is 198 g/mol. The summed E-state index contributed by atoms with van der Waals surface area (Å²) in [7, 11) is 1.68. The van der Waals surface area contributed by atoms with E-state index in [-0.39, 0.29) is 11.5 Å². The van der Waals surface area contributed by atoms with Gasteiger partial charge >= 0.3 is 0 Å². The van der Waals surface area contributed by atoms with Crippen LogP contribution < -0.4 is 0 Å². The van der Waals surface area contributed by atoms with Crippen LogP contribution in [0.2, 0.25) is 0 Å². The number of Topliss-reactive ketones (excluding diaryl/α,β-unsaturated/α-hetero) is 1. The lowest BCUT2D eigenvalue weighted by Gasteiger charge is -2.44. The Morgan fingerprint density at radius 2 is 2.29 bits per heavy atom. The summed E-state index contributed by atoms with van der Waals surface area (Å²) in [5.41, 5.74) is -0.203. The van der Waals surface area contributed by atoms with Crippen LogP contribution in [0.25, 0.3) is 0 Å². The van der Waals surface area contributed by atoms with Gasteiger partial charge in [0.1, 0.15) is 5.78 Å². The van der Waals surface area contributed by atoms with Gasteiger partial charge in [-0.2, -0.15) is 0 Å². The molecule has 1 saturated heterocycles. The largest absolute Gasteiger partial charge is 0.379 e. The fraction of sp³-hybridized carbons (Fsp3) is 0.909. The van der Waals surface area contributed by atoms with Crippen molar-refractivity contribution in [1.29, 1.82) is 0 Å². The highest BCUT2D eigenvalue weighted by atomic mass is 16.5. The van der Waals surface area contributed by atoms with E-state index in [9.17, 15) is 4.79 Å². The number of rotatable bonds is 1. The van der Waals surface area contributed by atoms with Gasteiger partial charge in [0.25, 0.3) is 0 Å². The van der Waals surface area contributed by atoms with E-state index < -0.39 is 0 Å². The van der Waals surface area contributed by atoms with Gasteiger partial charge in [0.2, 0.25) is 0 Å². The Labute approximate surface area is 84.8 Å². The summed E-state index contributed by atoms with van der Waals surface area (Å²) >= 11 is 0. The maximum atomic E-state index is 12.0. The fourth-order valence-corrected chi connectivity index (χ4v) is 2.78. The summed E-state index contributed by atoms with van der Waals surface area (Å²) in [5.74, 6) is 0.402. The van der Waals surface area contributed by atoms with Gasteiger partial charge in [-0.25, -0.2) is 0 Å². The SMILES string of the molecule is COC1COCCC12CCCCC2=O. The first-order chi connectivity index (χ1) is 6.79. The van der Waals surface area contributed by atoms with Crippen LogP contribution in [-0.4, -0.2) is 32.2 Å². The maximum absolute atomic E-state index is 12.0. The van der Waals surface area contributed by atoms with Gasteiger partial charge in [0.05, 0.1) is 18.1 Å². The minimum atomic E-state index is -0.203. The van der Waals surface area contributed by atoms with Crippen LogP contribution in [0.3, 0.4) is 0 Å². The lowest BCUT2D eigenvalue weighted by molar-refractivity contribution is -0.160. The zero-order valence-corrected chi connectivity index (χ0v) is 8.75. The van der Waals surface area contributed by atoms with E-state index in [0.717, 1.165) is 32.1 Å². The summed E-state index contributed by atoms with van der Waals surface area (Å²) < 4.78 is 10.8. The van der Waals surface area contributed by atoms with Gasteiger partial charge in [-0.05, 0) is 19.3 Å². The van der Waals surface area contributed by atoms with Gasteiger partial charge in [0, 0.05) is 20.1 Å². The summed E-state index contributed by atoms with van der Waals surface area (Å²) in [6.45, 7) is 1.30. The first-order valence-electron chi connectivity index (χ1n) is 5.43.